The number of nitrogens with zero attached hydrogens (tertiary/aromatic N) is 1. The SMILES string of the molecule is c1ccc(-c2ccccc2N(c2ccccc2)c2ccc3c(c2)C(c2ccccc2)(c2ccccc2)c2c-3cc(-c3ccccc3)c3ccccc23)cc1. The fourth-order valence-corrected chi connectivity index (χ4v) is 8.88. The smallest absolute Gasteiger partial charge is 0.0720 e. The first-order valence-corrected chi connectivity index (χ1v) is 18.7. The predicted octanol–water partition coefficient (Wildman–Crippen LogP) is 14.0. The summed E-state index contributed by atoms with van der Waals surface area (Å²) in [5.74, 6) is 0. The minimum Gasteiger partial charge on any atom is -0.310 e. The number of hydrogen-bond acceptors (Lipinski definition) is 1. The summed E-state index contributed by atoms with van der Waals surface area (Å²) in [6, 6.07) is 82.0. The van der Waals surface area contributed by atoms with E-state index in [-0.39, 0.29) is 0 Å². The molecule has 254 valence electrons. The van der Waals surface area contributed by atoms with Crippen LogP contribution in [0.15, 0.2) is 224 Å². The van der Waals surface area contributed by atoms with E-state index in [4.69, 9.17) is 0 Å². The van der Waals surface area contributed by atoms with Crippen molar-refractivity contribution in [3.8, 4) is 33.4 Å². The van der Waals surface area contributed by atoms with Crippen LogP contribution in [0, 0.1) is 0 Å². The second-order valence-electron chi connectivity index (χ2n) is 14.0. The zero-order valence-electron chi connectivity index (χ0n) is 29.8. The molecule has 0 saturated heterocycles. The van der Waals surface area contributed by atoms with E-state index in [1.54, 1.807) is 0 Å². The van der Waals surface area contributed by atoms with Crippen molar-refractivity contribution in [1.82, 2.24) is 0 Å². The number of rotatable bonds is 7. The van der Waals surface area contributed by atoms with Crippen LogP contribution in [0.1, 0.15) is 22.3 Å². The number of para-hydroxylation sites is 2. The summed E-state index contributed by atoms with van der Waals surface area (Å²) in [6.45, 7) is 0. The molecule has 1 aliphatic carbocycles. The van der Waals surface area contributed by atoms with Crippen molar-refractivity contribution >= 4 is 27.8 Å². The van der Waals surface area contributed by atoms with Gasteiger partial charge in [-0.3, -0.25) is 0 Å². The molecule has 0 atom stereocenters. The van der Waals surface area contributed by atoms with Crippen LogP contribution in [0.5, 0.6) is 0 Å². The average Bonchev–Trinajstić information content (AvgIpc) is 3.56. The molecule has 0 aromatic heterocycles. The van der Waals surface area contributed by atoms with E-state index in [2.05, 4.69) is 229 Å². The molecule has 0 aliphatic heterocycles. The third-order valence-electron chi connectivity index (χ3n) is 11.1. The number of fused-ring (bicyclic) bond motifs is 5. The highest BCUT2D eigenvalue weighted by molar-refractivity contribution is 6.08. The standard InChI is InChI=1S/C53H37N/c1-6-20-38(21-7-1)44-30-18-19-33-51(44)54(42-28-14-5-15-29-42)43-34-35-46-49-37-48(39-22-8-2-9-23-39)45-31-16-17-32-47(45)52(49)53(50(46)36-43,40-24-10-3-11-25-40)41-26-12-4-13-27-41/h1-37H. The highest BCUT2D eigenvalue weighted by atomic mass is 15.1. The highest BCUT2D eigenvalue weighted by Crippen LogP contribution is 2.60. The fraction of sp³-hybridized carbons (Fsp3) is 0.0189. The molecule has 0 unspecified atom stereocenters. The Hall–Kier alpha value is -6.96. The Morgan fingerprint density at radius 2 is 0.815 bits per heavy atom. The predicted molar refractivity (Wildman–Crippen MR) is 227 cm³/mol. The zero-order chi connectivity index (χ0) is 35.9. The van der Waals surface area contributed by atoms with Gasteiger partial charge in [-0.1, -0.05) is 188 Å². The van der Waals surface area contributed by atoms with Gasteiger partial charge in [0.2, 0.25) is 0 Å². The average molecular weight is 688 g/mol. The van der Waals surface area contributed by atoms with Gasteiger partial charge in [0.25, 0.3) is 0 Å². The lowest BCUT2D eigenvalue weighted by atomic mass is 9.66. The number of benzene rings is 9. The second kappa shape index (κ2) is 13.2. The summed E-state index contributed by atoms with van der Waals surface area (Å²) < 4.78 is 0. The zero-order valence-corrected chi connectivity index (χ0v) is 29.8. The third-order valence-corrected chi connectivity index (χ3v) is 11.1. The summed E-state index contributed by atoms with van der Waals surface area (Å²) in [7, 11) is 0. The molecule has 0 heterocycles. The van der Waals surface area contributed by atoms with Crippen molar-refractivity contribution in [2.24, 2.45) is 0 Å². The van der Waals surface area contributed by atoms with Gasteiger partial charge in [0.15, 0.2) is 0 Å². The van der Waals surface area contributed by atoms with E-state index in [0.717, 1.165) is 17.1 Å². The Labute approximate surface area is 317 Å². The number of hydrogen-bond donors (Lipinski definition) is 0. The quantitative estimate of drug-likeness (QED) is 0.161. The molecule has 0 spiro atoms. The normalized spacial score (nSPS) is 12.6. The number of anilines is 3. The van der Waals surface area contributed by atoms with Crippen LogP contribution in [-0.2, 0) is 5.41 Å². The molecule has 0 saturated carbocycles. The molecule has 0 radical (unpaired) electrons. The topological polar surface area (TPSA) is 3.24 Å². The molecule has 10 rings (SSSR count). The first-order valence-electron chi connectivity index (χ1n) is 18.7. The van der Waals surface area contributed by atoms with Crippen molar-refractivity contribution in [2.75, 3.05) is 4.90 Å². The van der Waals surface area contributed by atoms with Gasteiger partial charge in [0.05, 0.1) is 11.1 Å². The van der Waals surface area contributed by atoms with Gasteiger partial charge in [0.1, 0.15) is 0 Å². The van der Waals surface area contributed by atoms with Crippen molar-refractivity contribution < 1.29 is 0 Å². The molecule has 0 bridgehead atoms. The van der Waals surface area contributed by atoms with Gasteiger partial charge in [-0.05, 0) is 97.2 Å². The van der Waals surface area contributed by atoms with Crippen LogP contribution in [0.4, 0.5) is 17.1 Å². The summed E-state index contributed by atoms with van der Waals surface area (Å²) in [5, 5.41) is 2.53. The minimum absolute atomic E-state index is 0.584. The second-order valence-corrected chi connectivity index (χ2v) is 14.0. The molecule has 1 nitrogen and oxygen atoms in total. The maximum atomic E-state index is 2.47. The Bertz CT molecular complexity index is 2700. The Morgan fingerprint density at radius 1 is 0.315 bits per heavy atom. The fourth-order valence-electron chi connectivity index (χ4n) is 8.88. The van der Waals surface area contributed by atoms with E-state index in [0.29, 0.717) is 0 Å². The Balaban J connectivity index is 1.32. The van der Waals surface area contributed by atoms with Gasteiger partial charge < -0.3 is 4.90 Å². The summed E-state index contributed by atoms with van der Waals surface area (Å²) in [5.41, 5.74) is 15.3. The van der Waals surface area contributed by atoms with Crippen molar-refractivity contribution in [3.05, 3.63) is 247 Å². The van der Waals surface area contributed by atoms with E-state index < -0.39 is 5.41 Å². The van der Waals surface area contributed by atoms with Gasteiger partial charge in [-0.25, -0.2) is 0 Å². The van der Waals surface area contributed by atoms with Gasteiger partial charge in [-0.15, -0.1) is 0 Å². The Kier molecular flexibility index (Phi) is 7.78. The maximum absolute atomic E-state index is 2.47. The lowest BCUT2D eigenvalue weighted by Gasteiger charge is -2.36. The largest absolute Gasteiger partial charge is 0.310 e. The summed E-state index contributed by atoms with van der Waals surface area (Å²) in [6.07, 6.45) is 0. The molecule has 0 fully saturated rings. The molecule has 0 amide bonds. The highest BCUT2D eigenvalue weighted by Gasteiger charge is 2.48. The van der Waals surface area contributed by atoms with Gasteiger partial charge >= 0.3 is 0 Å². The summed E-state index contributed by atoms with van der Waals surface area (Å²) in [4.78, 5) is 2.43. The van der Waals surface area contributed by atoms with Crippen molar-refractivity contribution in [2.45, 2.75) is 5.41 Å². The van der Waals surface area contributed by atoms with Crippen LogP contribution < -0.4 is 4.90 Å². The molecule has 1 heteroatoms. The van der Waals surface area contributed by atoms with Crippen LogP contribution in [0.3, 0.4) is 0 Å². The van der Waals surface area contributed by atoms with Crippen LogP contribution >= 0.6 is 0 Å². The first kappa shape index (κ1) is 31.7. The Morgan fingerprint density at radius 3 is 1.44 bits per heavy atom. The summed E-state index contributed by atoms with van der Waals surface area (Å²) >= 11 is 0. The minimum atomic E-state index is -0.584. The lowest BCUT2D eigenvalue weighted by Crippen LogP contribution is -2.29. The molecule has 0 N–H and O–H groups in total. The van der Waals surface area contributed by atoms with E-state index in [9.17, 15) is 0 Å². The van der Waals surface area contributed by atoms with Gasteiger partial charge in [-0.2, -0.15) is 0 Å². The van der Waals surface area contributed by atoms with E-state index in [1.165, 1.54) is 66.4 Å². The molecule has 9 aromatic rings. The van der Waals surface area contributed by atoms with E-state index in [1.807, 2.05) is 0 Å². The lowest BCUT2D eigenvalue weighted by molar-refractivity contribution is 0.775. The molecule has 9 aromatic carbocycles. The molecular weight excluding hydrogens is 651 g/mol. The third kappa shape index (κ3) is 5.01. The monoisotopic (exact) mass is 687 g/mol. The van der Waals surface area contributed by atoms with E-state index >= 15 is 0 Å². The molecule has 54 heavy (non-hydrogen) atoms. The van der Waals surface area contributed by atoms with Crippen LogP contribution in [0.25, 0.3) is 44.2 Å². The van der Waals surface area contributed by atoms with Crippen LogP contribution in [0.2, 0.25) is 0 Å². The maximum Gasteiger partial charge on any atom is 0.0720 e. The van der Waals surface area contributed by atoms with Crippen molar-refractivity contribution in [3.63, 3.8) is 0 Å². The van der Waals surface area contributed by atoms with Crippen molar-refractivity contribution in [1.29, 1.82) is 0 Å². The molecule has 1 aliphatic rings. The van der Waals surface area contributed by atoms with Gasteiger partial charge in [0, 0.05) is 16.9 Å². The first-order chi connectivity index (χ1) is 26.8. The molecular formula is C53H37N. The van der Waals surface area contributed by atoms with Crippen LogP contribution in [-0.4, -0.2) is 0 Å².